The van der Waals surface area contributed by atoms with Crippen LogP contribution in [0.1, 0.15) is 23.9 Å². The van der Waals surface area contributed by atoms with Crippen LogP contribution in [0.5, 0.6) is 0 Å². The molecule has 0 radical (unpaired) electrons. The van der Waals surface area contributed by atoms with E-state index in [9.17, 15) is 19.5 Å². The van der Waals surface area contributed by atoms with E-state index < -0.39 is 24.0 Å². The van der Waals surface area contributed by atoms with E-state index in [0.29, 0.717) is 25.3 Å². The molecule has 3 N–H and O–H groups in total. The molecule has 10 heteroatoms. The largest absolute Gasteiger partial charge is 0.393 e. The Hall–Kier alpha value is -2.72. The molecule has 1 aliphatic rings. The number of fused-ring (bicyclic) bond motifs is 1. The predicted octanol–water partition coefficient (Wildman–Crippen LogP) is -1.81. The van der Waals surface area contributed by atoms with Crippen LogP contribution < -0.4 is 11.2 Å². The summed E-state index contributed by atoms with van der Waals surface area (Å²) in [5, 5.41) is 22.9. The first-order valence-corrected chi connectivity index (χ1v) is 7.91. The monoisotopic (exact) mass is 349 g/mol. The van der Waals surface area contributed by atoms with E-state index in [1.807, 2.05) is 0 Å². The van der Waals surface area contributed by atoms with E-state index in [1.54, 1.807) is 15.6 Å². The van der Waals surface area contributed by atoms with Crippen LogP contribution in [0.3, 0.4) is 0 Å². The molecule has 0 spiro atoms. The fourth-order valence-electron chi connectivity index (χ4n) is 2.75. The van der Waals surface area contributed by atoms with Crippen LogP contribution in [-0.4, -0.2) is 53.5 Å². The Balaban J connectivity index is 1.63. The maximum absolute atomic E-state index is 12.4. The van der Waals surface area contributed by atoms with Crippen molar-refractivity contribution < 1.29 is 15.0 Å². The molecule has 0 unspecified atom stereocenters. The number of hydrogen-bond donors (Lipinski definition) is 3. The molecule has 0 aromatic carbocycles. The van der Waals surface area contributed by atoms with Gasteiger partial charge in [0.25, 0.3) is 5.56 Å². The number of aliphatic hydroxyl groups excluding tert-OH is 2. The number of carbonyl (C=O) groups is 1. The summed E-state index contributed by atoms with van der Waals surface area (Å²) >= 11 is 0. The van der Waals surface area contributed by atoms with E-state index in [4.69, 9.17) is 5.11 Å². The number of nitrogens with zero attached hydrogens (tertiary/aromatic N) is 4. The first kappa shape index (κ1) is 17.1. The summed E-state index contributed by atoms with van der Waals surface area (Å²) in [6.45, 7) is 1.09. The van der Waals surface area contributed by atoms with Gasteiger partial charge in [0.1, 0.15) is 6.10 Å². The second-order valence-electron chi connectivity index (χ2n) is 5.85. The van der Waals surface area contributed by atoms with E-state index in [-0.39, 0.29) is 18.9 Å². The van der Waals surface area contributed by atoms with Gasteiger partial charge in [0.05, 0.1) is 31.1 Å². The molecule has 25 heavy (non-hydrogen) atoms. The van der Waals surface area contributed by atoms with E-state index in [1.165, 1.54) is 16.8 Å². The highest BCUT2D eigenvalue weighted by atomic mass is 16.3. The molecule has 1 atom stereocenters. The molecule has 10 nitrogen and oxygen atoms in total. The molecule has 134 valence electrons. The van der Waals surface area contributed by atoms with Gasteiger partial charge in [0, 0.05) is 31.8 Å². The average Bonchev–Trinajstić information content (AvgIpc) is 3.03. The molecule has 0 saturated carbocycles. The number of hydrogen-bond acceptors (Lipinski definition) is 6. The minimum absolute atomic E-state index is 0.116. The molecule has 3 heterocycles. The van der Waals surface area contributed by atoms with E-state index in [2.05, 4.69) is 10.1 Å². The summed E-state index contributed by atoms with van der Waals surface area (Å²) in [5.74, 6) is -0.116. The van der Waals surface area contributed by atoms with Gasteiger partial charge in [-0.15, -0.1) is 0 Å². The standard InChI is InChI=1S/C15H19N5O5/c21-9-12(22)11-7-10-8-19(5-6-20(10)17-11)14(24)2-4-18-3-1-13(23)16-15(18)25/h1,3,7,12,21-22H,2,4-6,8-9H2,(H,16,23,25)/t12-/m0/s1. The van der Waals surface area contributed by atoms with Crippen molar-refractivity contribution in [1.29, 1.82) is 0 Å². The average molecular weight is 349 g/mol. The lowest BCUT2D eigenvalue weighted by Crippen LogP contribution is -2.39. The number of amides is 1. The summed E-state index contributed by atoms with van der Waals surface area (Å²) in [6, 6.07) is 2.91. The van der Waals surface area contributed by atoms with Crippen LogP contribution >= 0.6 is 0 Å². The summed E-state index contributed by atoms with van der Waals surface area (Å²) < 4.78 is 2.99. The Morgan fingerprint density at radius 2 is 2.16 bits per heavy atom. The highest BCUT2D eigenvalue weighted by Gasteiger charge is 2.23. The van der Waals surface area contributed by atoms with Crippen LogP contribution in [0.25, 0.3) is 0 Å². The molecule has 2 aromatic rings. The molecule has 3 rings (SSSR count). The first-order chi connectivity index (χ1) is 12.0. The molecule has 2 aromatic heterocycles. The fourth-order valence-corrected chi connectivity index (χ4v) is 2.75. The highest BCUT2D eigenvalue weighted by molar-refractivity contribution is 5.76. The molecule has 0 saturated heterocycles. The number of aromatic nitrogens is 4. The van der Waals surface area contributed by atoms with Crippen molar-refractivity contribution >= 4 is 5.91 Å². The molecule has 1 amide bonds. The number of rotatable bonds is 5. The summed E-state index contributed by atoms with van der Waals surface area (Å²) in [7, 11) is 0. The minimum Gasteiger partial charge on any atom is -0.393 e. The van der Waals surface area contributed by atoms with Crippen molar-refractivity contribution in [2.45, 2.75) is 32.2 Å². The molecule has 1 aliphatic heterocycles. The van der Waals surface area contributed by atoms with Gasteiger partial charge < -0.3 is 19.7 Å². The number of aliphatic hydroxyl groups is 2. The van der Waals surface area contributed by atoms with E-state index >= 15 is 0 Å². The predicted molar refractivity (Wildman–Crippen MR) is 85.6 cm³/mol. The van der Waals surface area contributed by atoms with Crippen molar-refractivity contribution in [3.05, 3.63) is 50.6 Å². The maximum Gasteiger partial charge on any atom is 0.328 e. The van der Waals surface area contributed by atoms with Crippen LogP contribution in [0, 0.1) is 0 Å². The van der Waals surface area contributed by atoms with Gasteiger partial charge in [-0.1, -0.05) is 0 Å². The number of carbonyl (C=O) groups excluding carboxylic acids is 1. The Bertz CT molecular complexity index is 883. The third kappa shape index (κ3) is 3.69. The molecular weight excluding hydrogens is 330 g/mol. The van der Waals surface area contributed by atoms with Crippen LogP contribution in [0.2, 0.25) is 0 Å². The second kappa shape index (κ2) is 7.03. The second-order valence-corrected chi connectivity index (χ2v) is 5.85. The number of aryl methyl sites for hydroxylation is 1. The van der Waals surface area contributed by atoms with Gasteiger partial charge in [0.15, 0.2) is 0 Å². The Morgan fingerprint density at radius 1 is 1.36 bits per heavy atom. The lowest BCUT2D eigenvalue weighted by molar-refractivity contribution is -0.133. The zero-order valence-corrected chi connectivity index (χ0v) is 13.5. The third-order valence-corrected chi connectivity index (χ3v) is 4.15. The molecule has 0 fully saturated rings. The summed E-state index contributed by atoms with van der Waals surface area (Å²) in [5.41, 5.74) is 0.146. The molecular formula is C15H19N5O5. The minimum atomic E-state index is -1.03. The molecule has 0 aliphatic carbocycles. The highest BCUT2D eigenvalue weighted by Crippen LogP contribution is 2.18. The quantitative estimate of drug-likeness (QED) is 0.583. The van der Waals surface area contributed by atoms with Crippen molar-refractivity contribution in [1.82, 2.24) is 24.2 Å². The third-order valence-electron chi connectivity index (χ3n) is 4.15. The lowest BCUT2D eigenvalue weighted by Gasteiger charge is -2.27. The Labute approximate surface area is 141 Å². The maximum atomic E-state index is 12.4. The number of aromatic amines is 1. The Kier molecular flexibility index (Phi) is 4.81. The van der Waals surface area contributed by atoms with Gasteiger partial charge in [0.2, 0.25) is 5.91 Å². The normalized spacial score (nSPS) is 15.0. The van der Waals surface area contributed by atoms with E-state index in [0.717, 1.165) is 5.69 Å². The van der Waals surface area contributed by atoms with Crippen molar-refractivity contribution in [2.75, 3.05) is 13.2 Å². The summed E-state index contributed by atoms with van der Waals surface area (Å²) in [6.07, 6.45) is 0.462. The Morgan fingerprint density at radius 3 is 2.88 bits per heavy atom. The molecule has 0 bridgehead atoms. The van der Waals surface area contributed by atoms with Crippen molar-refractivity contribution in [3.8, 4) is 0 Å². The van der Waals surface area contributed by atoms with Gasteiger partial charge in [-0.25, -0.2) is 4.79 Å². The zero-order valence-electron chi connectivity index (χ0n) is 13.5. The van der Waals surface area contributed by atoms with Crippen LogP contribution in [0.15, 0.2) is 27.9 Å². The van der Waals surface area contributed by atoms with Crippen molar-refractivity contribution in [2.24, 2.45) is 0 Å². The van der Waals surface area contributed by atoms with Crippen LogP contribution in [0.4, 0.5) is 0 Å². The van der Waals surface area contributed by atoms with Gasteiger partial charge in [-0.05, 0) is 6.07 Å². The zero-order chi connectivity index (χ0) is 18.0. The SMILES string of the molecule is O=C(CCn1ccc(=O)[nH]c1=O)N1CCn2nc([C@@H](O)CO)cc2C1. The van der Waals surface area contributed by atoms with Gasteiger partial charge in [-0.3, -0.25) is 19.3 Å². The lowest BCUT2D eigenvalue weighted by atomic mass is 10.2. The smallest absolute Gasteiger partial charge is 0.328 e. The van der Waals surface area contributed by atoms with Gasteiger partial charge in [-0.2, -0.15) is 5.10 Å². The van der Waals surface area contributed by atoms with Gasteiger partial charge >= 0.3 is 5.69 Å². The first-order valence-electron chi connectivity index (χ1n) is 7.91. The van der Waals surface area contributed by atoms with Crippen LogP contribution in [-0.2, 0) is 24.4 Å². The summed E-state index contributed by atoms with van der Waals surface area (Å²) in [4.78, 5) is 38.8. The van der Waals surface area contributed by atoms with Crippen molar-refractivity contribution in [3.63, 3.8) is 0 Å². The number of H-pyrrole nitrogens is 1. The fraction of sp³-hybridized carbons (Fsp3) is 0.467. The topological polar surface area (TPSA) is 133 Å². The number of nitrogens with one attached hydrogen (secondary N) is 1.